The van der Waals surface area contributed by atoms with Crippen LogP contribution in [0.1, 0.15) is 19.3 Å². The summed E-state index contributed by atoms with van der Waals surface area (Å²) in [4.78, 5) is 0. The van der Waals surface area contributed by atoms with Gasteiger partial charge in [-0.3, -0.25) is 0 Å². The molecule has 1 nitrogen and oxygen atoms in total. The van der Waals surface area contributed by atoms with Crippen LogP contribution in [0.3, 0.4) is 0 Å². The van der Waals surface area contributed by atoms with E-state index in [-0.39, 0.29) is 0 Å². The molecule has 1 fully saturated rings. The molecule has 0 saturated carbocycles. The van der Waals surface area contributed by atoms with E-state index in [0.29, 0.717) is 27.2 Å². The van der Waals surface area contributed by atoms with E-state index in [9.17, 15) is 0 Å². The Balaban J connectivity index is 2.17. The molecular weight excluding hydrogens is 213 g/mol. The van der Waals surface area contributed by atoms with E-state index in [0.717, 1.165) is 0 Å². The van der Waals surface area contributed by atoms with E-state index in [4.69, 9.17) is 5.73 Å². The molecule has 2 heteroatoms. The molecule has 2 N–H and O–H groups in total. The van der Waals surface area contributed by atoms with E-state index in [1.54, 1.807) is 0 Å². The first-order valence-electron chi connectivity index (χ1n) is 3.18. The van der Waals surface area contributed by atoms with Crippen LogP contribution in [0, 0.1) is 0 Å². The van der Waals surface area contributed by atoms with E-state index in [1.807, 2.05) is 0 Å². The minimum absolute atomic E-state index is 0.522. The molecule has 8 heavy (non-hydrogen) atoms. The van der Waals surface area contributed by atoms with Crippen molar-refractivity contribution < 1.29 is 21.2 Å². The monoisotopic (exact) mass is 226 g/mol. The van der Waals surface area contributed by atoms with Crippen LogP contribution in [0.4, 0.5) is 0 Å². The molecule has 1 atom stereocenters. The number of alkyl halides is 2. The van der Waals surface area contributed by atoms with Crippen LogP contribution in [0.2, 0.25) is 0 Å². The zero-order valence-electron chi connectivity index (χ0n) is 5.07. The summed E-state index contributed by atoms with van der Waals surface area (Å²) >= 11 is 0.522. The van der Waals surface area contributed by atoms with Gasteiger partial charge < -0.3 is 0 Å². The van der Waals surface area contributed by atoms with Crippen LogP contribution < -0.4 is 26.9 Å². The molecule has 0 radical (unpaired) electrons. The van der Waals surface area contributed by atoms with E-state index >= 15 is 0 Å². The number of nitrogens with two attached hydrogens (primary N) is 1. The van der Waals surface area contributed by atoms with Gasteiger partial charge in [0.1, 0.15) is 0 Å². The normalized spacial score (nSPS) is 32.9. The predicted octanol–water partition coefficient (Wildman–Crippen LogP) is -2.41. The summed E-state index contributed by atoms with van der Waals surface area (Å²) in [5.41, 5.74) is 5.76. The van der Waals surface area contributed by atoms with Crippen molar-refractivity contribution in [1.82, 2.24) is 0 Å². The summed E-state index contributed by atoms with van der Waals surface area (Å²) < 4.78 is 2.89. The molecule has 0 spiro atoms. The third kappa shape index (κ3) is 2.31. The van der Waals surface area contributed by atoms with Gasteiger partial charge in [-0.25, -0.2) is 0 Å². The van der Waals surface area contributed by atoms with Gasteiger partial charge in [-0.2, -0.15) is 0 Å². The fourth-order valence-corrected chi connectivity index (χ4v) is 3.65. The molecule has 1 aliphatic heterocycles. The zero-order chi connectivity index (χ0) is 5.82. The molecule has 1 aliphatic rings. The quantitative estimate of drug-likeness (QED) is 0.361. The standard InChI is InChI=1S/C6H13IN/c8-6-3-1-2-4-7-5-6/h6H,1-5,8H2/q-1. The van der Waals surface area contributed by atoms with Gasteiger partial charge in [0.15, 0.2) is 0 Å². The van der Waals surface area contributed by atoms with Crippen molar-refractivity contribution in [3.63, 3.8) is 0 Å². The fraction of sp³-hybridized carbons (Fsp3) is 1.00. The van der Waals surface area contributed by atoms with Gasteiger partial charge in [-0.15, -0.1) is 0 Å². The third-order valence-electron chi connectivity index (χ3n) is 1.40. The molecule has 1 heterocycles. The first-order valence-corrected chi connectivity index (χ1v) is 6.24. The van der Waals surface area contributed by atoms with Crippen LogP contribution in [0.15, 0.2) is 0 Å². The first-order chi connectivity index (χ1) is 3.89. The summed E-state index contributed by atoms with van der Waals surface area (Å²) in [7, 11) is 0. The molecule has 0 aromatic rings. The molecule has 50 valence electrons. The molecule has 0 amide bonds. The zero-order valence-corrected chi connectivity index (χ0v) is 7.23. The summed E-state index contributed by atoms with van der Waals surface area (Å²) in [6.45, 7) is 0. The van der Waals surface area contributed by atoms with Gasteiger partial charge in [0, 0.05) is 0 Å². The topological polar surface area (TPSA) is 26.0 Å². The summed E-state index contributed by atoms with van der Waals surface area (Å²) in [5.74, 6) is 0. The Bertz CT molecular complexity index is 57.5. The number of rotatable bonds is 0. The van der Waals surface area contributed by atoms with Crippen LogP contribution in [-0.2, 0) is 0 Å². The number of halogens is 1. The maximum absolute atomic E-state index is 5.76. The van der Waals surface area contributed by atoms with Gasteiger partial charge in [0.2, 0.25) is 0 Å². The van der Waals surface area contributed by atoms with Crippen molar-refractivity contribution in [2.24, 2.45) is 5.73 Å². The van der Waals surface area contributed by atoms with E-state index < -0.39 is 0 Å². The maximum atomic E-state index is 5.76. The Hall–Kier alpha value is 0.690. The molecular formula is C6H13IN-. The Morgan fingerprint density at radius 1 is 1.38 bits per heavy atom. The Kier molecular flexibility index (Phi) is 3.12. The molecule has 0 aromatic heterocycles. The fourth-order valence-electron chi connectivity index (χ4n) is 0.890. The van der Waals surface area contributed by atoms with Crippen LogP contribution in [-0.4, -0.2) is 14.9 Å². The molecule has 0 aromatic carbocycles. The molecule has 1 rings (SSSR count). The predicted molar refractivity (Wildman–Crippen MR) is 31.6 cm³/mol. The van der Waals surface area contributed by atoms with E-state index in [1.165, 1.54) is 28.1 Å². The van der Waals surface area contributed by atoms with E-state index in [2.05, 4.69) is 0 Å². The van der Waals surface area contributed by atoms with Gasteiger partial charge in [0.05, 0.1) is 0 Å². The molecule has 0 bridgehead atoms. The second-order valence-electron chi connectivity index (χ2n) is 2.29. The van der Waals surface area contributed by atoms with Crippen molar-refractivity contribution in [2.75, 3.05) is 8.86 Å². The first kappa shape index (κ1) is 6.81. The second-order valence-corrected chi connectivity index (χ2v) is 5.33. The van der Waals surface area contributed by atoms with Gasteiger partial charge in [0.25, 0.3) is 0 Å². The van der Waals surface area contributed by atoms with Gasteiger partial charge in [-0.05, 0) is 0 Å². The summed E-state index contributed by atoms with van der Waals surface area (Å²) in [6, 6.07) is 0.574. The third-order valence-corrected chi connectivity index (χ3v) is 4.68. The average Bonchev–Trinajstić information content (AvgIpc) is 1.94. The van der Waals surface area contributed by atoms with Gasteiger partial charge in [-0.1, -0.05) is 0 Å². The van der Waals surface area contributed by atoms with Crippen molar-refractivity contribution >= 4 is 0 Å². The SMILES string of the molecule is NC1CCCC[I-]C1. The van der Waals surface area contributed by atoms with Crippen LogP contribution in [0.25, 0.3) is 0 Å². The van der Waals surface area contributed by atoms with Crippen molar-refractivity contribution in [2.45, 2.75) is 25.3 Å². The molecule has 0 aliphatic carbocycles. The summed E-state index contributed by atoms with van der Waals surface area (Å²) in [6.07, 6.45) is 4.14. The Morgan fingerprint density at radius 3 is 3.12 bits per heavy atom. The van der Waals surface area contributed by atoms with Crippen LogP contribution in [0.5, 0.6) is 0 Å². The Labute approximate surface area is 61.3 Å². The molecule has 1 unspecified atom stereocenters. The number of hydrogen-bond donors (Lipinski definition) is 1. The summed E-state index contributed by atoms with van der Waals surface area (Å²) in [5, 5.41) is 0. The van der Waals surface area contributed by atoms with Gasteiger partial charge >= 0.3 is 61.1 Å². The average molecular weight is 226 g/mol. The van der Waals surface area contributed by atoms with Crippen molar-refractivity contribution in [1.29, 1.82) is 0 Å². The van der Waals surface area contributed by atoms with Crippen molar-refractivity contribution in [3.8, 4) is 0 Å². The number of hydrogen-bond acceptors (Lipinski definition) is 1. The van der Waals surface area contributed by atoms with Crippen LogP contribution >= 0.6 is 0 Å². The Morgan fingerprint density at radius 2 is 2.25 bits per heavy atom. The second kappa shape index (κ2) is 3.67. The minimum atomic E-state index is 0.522. The van der Waals surface area contributed by atoms with Crippen molar-refractivity contribution in [3.05, 3.63) is 0 Å². The molecule has 1 saturated heterocycles.